The first-order chi connectivity index (χ1) is 6.89. The largest absolute Gasteiger partial charge is 0.478 e. The molecule has 2 rings (SSSR count). The highest BCUT2D eigenvalue weighted by Crippen LogP contribution is 2.35. The van der Waals surface area contributed by atoms with Gasteiger partial charge in [-0.1, -0.05) is 0 Å². The number of ether oxygens (including phenoxy) is 2. The summed E-state index contributed by atoms with van der Waals surface area (Å²) < 4.78 is 11.0. The smallest absolute Gasteiger partial charge is 0.331 e. The zero-order valence-corrected chi connectivity index (χ0v) is 8.64. The lowest BCUT2D eigenvalue weighted by atomic mass is 9.92. The zero-order valence-electron chi connectivity index (χ0n) is 8.64. The molecule has 0 aromatic heterocycles. The van der Waals surface area contributed by atoms with Crippen molar-refractivity contribution in [3.05, 3.63) is 11.6 Å². The zero-order chi connectivity index (χ0) is 11.2. The number of hydrogen-bond acceptors (Lipinski definition) is 4. The number of carboxylic acids is 1. The lowest BCUT2D eigenvalue weighted by Gasteiger charge is -2.25. The maximum Gasteiger partial charge on any atom is 0.331 e. The SMILES string of the molecule is CC1(C)O[C@H]2[C@H](C=C(C(=O)O)C[C@@H]2O)O1. The van der Waals surface area contributed by atoms with Crippen molar-refractivity contribution in [1.82, 2.24) is 0 Å². The van der Waals surface area contributed by atoms with Gasteiger partial charge in [0.2, 0.25) is 0 Å². The first-order valence-electron chi connectivity index (χ1n) is 4.87. The number of carbonyl (C=O) groups is 1. The van der Waals surface area contributed by atoms with Crippen LogP contribution in [0, 0.1) is 0 Å². The van der Waals surface area contributed by atoms with Crippen molar-refractivity contribution in [1.29, 1.82) is 0 Å². The summed E-state index contributed by atoms with van der Waals surface area (Å²) in [6, 6.07) is 0. The predicted octanol–water partition coefficient (Wildman–Crippen LogP) is 0.282. The maximum absolute atomic E-state index is 10.8. The number of aliphatic carboxylic acids is 1. The minimum atomic E-state index is -1.01. The Kier molecular flexibility index (Phi) is 2.33. The third-order valence-electron chi connectivity index (χ3n) is 2.61. The van der Waals surface area contributed by atoms with Crippen LogP contribution in [0.2, 0.25) is 0 Å². The number of hydrogen-bond donors (Lipinski definition) is 2. The second-order valence-corrected chi connectivity index (χ2v) is 4.33. The van der Waals surface area contributed by atoms with Crippen LogP contribution in [-0.2, 0) is 14.3 Å². The Labute approximate surface area is 87.3 Å². The molecule has 3 atom stereocenters. The fraction of sp³-hybridized carbons (Fsp3) is 0.700. The van der Waals surface area contributed by atoms with E-state index in [0.29, 0.717) is 0 Å². The van der Waals surface area contributed by atoms with Gasteiger partial charge in [0.15, 0.2) is 5.79 Å². The number of aliphatic hydroxyl groups is 1. The molecule has 5 heteroatoms. The molecule has 0 amide bonds. The predicted molar refractivity (Wildman–Crippen MR) is 50.2 cm³/mol. The number of aliphatic hydroxyl groups excluding tert-OH is 1. The van der Waals surface area contributed by atoms with Crippen LogP contribution in [0.5, 0.6) is 0 Å². The Morgan fingerprint density at radius 1 is 1.53 bits per heavy atom. The Bertz CT molecular complexity index is 320. The molecule has 1 aliphatic heterocycles. The fourth-order valence-electron chi connectivity index (χ4n) is 2.01. The highest BCUT2D eigenvalue weighted by atomic mass is 16.8. The highest BCUT2D eigenvalue weighted by molar-refractivity contribution is 5.87. The van der Waals surface area contributed by atoms with Crippen molar-refractivity contribution in [2.45, 2.75) is 44.4 Å². The van der Waals surface area contributed by atoms with Crippen LogP contribution in [0.1, 0.15) is 20.3 Å². The van der Waals surface area contributed by atoms with E-state index in [2.05, 4.69) is 0 Å². The summed E-state index contributed by atoms with van der Waals surface area (Å²) >= 11 is 0. The summed E-state index contributed by atoms with van der Waals surface area (Å²) in [5, 5.41) is 18.6. The van der Waals surface area contributed by atoms with E-state index in [1.807, 2.05) is 0 Å². The summed E-state index contributed by atoms with van der Waals surface area (Å²) in [6.45, 7) is 3.48. The van der Waals surface area contributed by atoms with E-state index < -0.39 is 30.1 Å². The number of fused-ring (bicyclic) bond motifs is 1. The Morgan fingerprint density at radius 3 is 2.80 bits per heavy atom. The van der Waals surface area contributed by atoms with Gasteiger partial charge < -0.3 is 19.7 Å². The molecule has 5 nitrogen and oxygen atoms in total. The maximum atomic E-state index is 10.8. The second kappa shape index (κ2) is 3.30. The molecule has 0 bridgehead atoms. The van der Waals surface area contributed by atoms with Gasteiger partial charge >= 0.3 is 5.97 Å². The van der Waals surface area contributed by atoms with E-state index in [1.54, 1.807) is 13.8 Å². The molecular weight excluding hydrogens is 200 g/mol. The molecule has 84 valence electrons. The van der Waals surface area contributed by atoms with Crippen molar-refractivity contribution >= 4 is 5.97 Å². The summed E-state index contributed by atoms with van der Waals surface area (Å²) in [5.74, 6) is -1.78. The molecule has 1 aliphatic carbocycles. The van der Waals surface area contributed by atoms with Gasteiger partial charge in [0.25, 0.3) is 0 Å². The lowest BCUT2D eigenvalue weighted by molar-refractivity contribution is -0.152. The van der Waals surface area contributed by atoms with Crippen LogP contribution in [-0.4, -0.2) is 40.3 Å². The molecule has 15 heavy (non-hydrogen) atoms. The van der Waals surface area contributed by atoms with Gasteiger partial charge in [-0.15, -0.1) is 0 Å². The minimum Gasteiger partial charge on any atom is -0.478 e. The third-order valence-corrected chi connectivity index (χ3v) is 2.61. The van der Waals surface area contributed by atoms with Crippen LogP contribution >= 0.6 is 0 Å². The van der Waals surface area contributed by atoms with Crippen molar-refractivity contribution in [2.75, 3.05) is 0 Å². The molecular formula is C10H14O5. The second-order valence-electron chi connectivity index (χ2n) is 4.33. The molecule has 1 saturated heterocycles. The molecule has 0 unspecified atom stereocenters. The Morgan fingerprint density at radius 2 is 2.20 bits per heavy atom. The number of carboxylic acid groups (broad SMARTS) is 1. The fourth-order valence-corrected chi connectivity index (χ4v) is 2.01. The van der Waals surface area contributed by atoms with E-state index in [0.717, 1.165) is 0 Å². The van der Waals surface area contributed by atoms with Crippen LogP contribution in [0.15, 0.2) is 11.6 Å². The van der Waals surface area contributed by atoms with Gasteiger partial charge in [-0.2, -0.15) is 0 Å². The summed E-state index contributed by atoms with van der Waals surface area (Å²) in [4.78, 5) is 10.8. The first-order valence-corrected chi connectivity index (χ1v) is 4.87. The van der Waals surface area contributed by atoms with Gasteiger partial charge in [0, 0.05) is 12.0 Å². The summed E-state index contributed by atoms with van der Waals surface area (Å²) in [5.41, 5.74) is 0.185. The van der Waals surface area contributed by atoms with Crippen LogP contribution in [0.25, 0.3) is 0 Å². The van der Waals surface area contributed by atoms with Crippen molar-refractivity contribution < 1.29 is 24.5 Å². The first kappa shape index (κ1) is 10.6. The average molecular weight is 214 g/mol. The Hall–Kier alpha value is -0.910. The van der Waals surface area contributed by atoms with Gasteiger partial charge in [0.1, 0.15) is 12.2 Å². The van der Waals surface area contributed by atoms with Crippen LogP contribution in [0.3, 0.4) is 0 Å². The molecule has 0 radical (unpaired) electrons. The molecule has 2 aliphatic rings. The van der Waals surface area contributed by atoms with Crippen LogP contribution < -0.4 is 0 Å². The quantitative estimate of drug-likeness (QED) is 0.655. The van der Waals surface area contributed by atoms with Crippen LogP contribution in [0.4, 0.5) is 0 Å². The molecule has 0 aromatic rings. The van der Waals surface area contributed by atoms with Gasteiger partial charge in [-0.25, -0.2) is 4.79 Å². The summed E-state index contributed by atoms with van der Waals surface area (Å²) in [7, 11) is 0. The third kappa shape index (κ3) is 1.90. The Balaban J connectivity index is 2.24. The van der Waals surface area contributed by atoms with E-state index in [-0.39, 0.29) is 12.0 Å². The van der Waals surface area contributed by atoms with E-state index in [4.69, 9.17) is 14.6 Å². The van der Waals surface area contributed by atoms with Gasteiger partial charge in [0.05, 0.1) is 6.10 Å². The standard InChI is InChI=1S/C10H14O5/c1-10(2)14-7-4-5(9(12)13)3-6(11)8(7)15-10/h4,6-8,11H,3H2,1-2H3,(H,12,13)/t6-,7-,8+/m0/s1. The topological polar surface area (TPSA) is 76.0 Å². The van der Waals surface area contributed by atoms with E-state index >= 15 is 0 Å². The van der Waals surface area contributed by atoms with Crippen molar-refractivity contribution in [2.24, 2.45) is 0 Å². The molecule has 0 saturated carbocycles. The van der Waals surface area contributed by atoms with Crippen molar-refractivity contribution in [3.63, 3.8) is 0 Å². The average Bonchev–Trinajstić information content (AvgIpc) is 2.39. The number of rotatable bonds is 1. The molecule has 0 aromatic carbocycles. The minimum absolute atomic E-state index is 0.107. The molecule has 2 N–H and O–H groups in total. The van der Waals surface area contributed by atoms with E-state index in [1.165, 1.54) is 6.08 Å². The highest BCUT2D eigenvalue weighted by Gasteiger charge is 2.46. The van der Waals surface area contributed by atoms with Crippen molar-refractivity contribution in [3.8, 4) is 0 Å². The molecule has 1 heterocycles. The monoisotopic (exact) mass is 214 g/mol. The summed E-state index contributed by atoms with van der Waals surface area (Å²) in [6.07, 6.45) is -0.101. The van der Waals surface area contributed by atoms with E-state index in [9.17, 15) is 9.90 Å². The van der Waals surface area contributed by atoms with Gasteiger partial charge in [-0.05, 0) is 19.9 Å². The lowest BCUT2D eigenvalue weighted by Crippen LogP contribution is -2.39. The molecule has 1 fully saturated rings. The molecule has 0 spiro atoms. The van der Waals surface area contributed by atoms with Gasteiger partial charge in [-0.3, -0.25) is 0 Å². The normalized spacial score (nSPS) is 38.3.